The molecule has 0 radical (unpaired) electrons. The summed E-state index contributed by atoms with van der Waals surface area (Å²) in [5, 5.41) is 3.54. The van der Waals surface area contributed by atoms with Crippen molar-refractivity contribution >= 4 is 5.91 Å². The van der Waals surface area contributed by atoms with Crippen LogP contribution in [0.3, 0.4) is 0 Å². The van der Waals surface area contributed by atoms with Gasteiger partial charge in [0.05, 0.1) is 6.04 Å². The van der Waals surface area contributed by atoms with Crippen LogP contribution in [0.1, 0.15) is 57.6 Å². The standard InChI is InChI=1S/C18H28N2O/c1-3-10-17(16-11-6-4-7-12-16)19-15(2)18(21)20-13-8-5-9-14-20/h4,6-7,11-12,15,17,19H,3,5,8-10,13-14H2,1-2H3. The maximum absolute atomic E-state index is 12.5. The molecule has 1 amide bonds. The van der Waals surface area contributed by atoms with Gasteiger partial charge < -0.3 is 4.90 Å². The van der Waals surface area contributed by atoms with Crippen molar-refractivity contribution < 1.29 is 4.79 Å². The van der Waals surface area contributed by atoms with Crippen LogP contribution in [0.15, 0.2) is 30.3 Å². The minimum Gasteiger partial charge on any atom is -0.341 e. The Morgan fingerprint density at radius 3 is 2.48 bits per heavy atom. The second kappa shape index (κ2) is 8.18. The first-order chi connectivity index (χ1) is 10.2. The normalized spacial score (nSPS) is 18.3. The smallest absolute Gasteiger partial charge is 0.239 e. The Bertz CT molecular complexity index is 426. The molecule has 1 aliphatic rings. The molecule has 3 heteroatoms. The fourth-order valence-corrected chi connectivity index (χ4v) is 3.08. The SMILES string of the molecule is CCCC(NC(C)C(=O)N1CCCCC1)c1ccccc1. The average Bonchev–Trinajstić information content (AvgIpc) is 2.55. The zero-order valence-corrected chi connectivity index (χ0v) is 13.3. The van der Waals surface area contributed by atoms with Crippen LogP contribution in [0, 0.1) is 0 Å². The summed E-state index contributed by atoms with van der Waals surface area (Å²) in [4.78, 5) is 14.6. The van der Waals surface area contributed by atoms with Gasteiger partial charge in [0.1, 0.15) is 0 Å². The third-order valence-electron chi connectivity index (χ3n) is 4.27. The Kier molecular flexibility index (Phi) is 6.24. The predicted molar refractivity (Wildman–Crippen MR) is 87.1 cm³/mol. The van der Waals surface area contributed by atoms with E-state index in [9.17, 15) is 4.79 Å². The van der Waals surface area contributed by atoms with E-state index in [1.54, 1.807) is 0 Å². The van der Waals surface area contributed by atoms with Crippen molar-refractivity contribution in [3.8, 4) is 0 Å². The van der Waals surface area contributed by atoms with Crippen LogP contribution in [0.25, 0.3) is 0 Å². The van der Waals surface area contributed by atoms with Crippen LogP contribution >= 0.6 is 0 Å². The minimum atomic E-state index is -0.111. The molecule has 0 aliphatic carbocycles. The molecule has 1 N–H and O–H groups in total. The third kappa shape index (κ3) is 4.57. The van der Waals surface area contributed by atoms with Gasteiger partial charge in [-0.05, 0) is 38.2 Å². The van der Waals surface area contributed by atoms with E-state index in [1.165, 1.54) is 12.0 Å². The molecule has 0 bridgehead atoms. The molecule has 1 saturated heterocycles. The maximum atomic E-state index is 12.5. The molecular weight excluding hydrogens is 260 g/mol. The van der Waals surface area contributed by atoms with Gasteiger partial charge in [0.15, 0.2) is 0 Å². The highest BCUT2D eigenvalue weighted by Gasteiger charge is 2.24. The Labute approximate surface area is 128 Å². The minimum absolute atomic E-state index is 0.111. The number of benzene rings is 1. The number of likely N-dealkylation sites (tertiary alicyclic amines) is 1. The molecule has 0 saturated carbocycles. The molecular formula is C18H28N2O. The fraction of sp³-hybridized carbons (Fsp3) is 0.611. The van der Waals surface area contributed by atoms with Crippen molar-refractivity contribution in [2.75, 3.05) is 13.1 Å². The van der Waals surface area contributed by atoms with Gasteiger partial charge in [-0.15, -0.1) is 0 Å². The van der Waals surface area contributed by atoms with E-state index >= 15 is 0 Å². The van der Waals surface area contributed by atoms with E-state index in [1.807, 2.05) is 17.9 Å². The van der Waals surface area contributed by atoms with Crippen LogP contribution in [-0.4, -0.2) is 29.9 Å². The van der Waals surface area contributed by atoms with Gasteiger partial charge >= 0.3 is 0 Å². The first kappa shape index (κ1) is 16.0. The van der Waals surface area contributed by atoms with E-state index in [2.05, 4.69) is 36.5 Å². The second-order valence-electron chi connectivity index (χ2n) is 6.03. The summed E-state index contributed by atoms with van der Waals surface area (Å²) in [6.45, 7) is 6.04. The summed E-state index contributed by atoms with van der Waals surface area (Å²) in [5.41, 5.74) is 1.28. The van der Waals surface area contributed by atoms with Gasteiger partial charge in [-0.1, -0.05) is 43.7 Å². The van der Waals surface area contributed by atoms with Crippen molar-refractivity contribution in [3.05, 3.63) is 35.9 Å². The fourth-order valence-electron chi connectivity index (χ4n) is 3.08. The molecule has 1 aliphatic heterocycles. The lowest BCUT2D eigenvalue weighted by Crippen LogP contribution is -2.47. The highest BCUT2D eigenvalue weighted by Crippen LogP contribution is 2.19. The third-order valence-corrected chi connectivity index (χ3v) is 4.27. The number of nitrogens with one attached hydrogen (secondary N) is 1. The number of amides is 1. The monoisotopic (exact) mass is 288 g/mol. The molecule has 1 aromatic rings. The van der Waals surface area contributed by atoms with Crippen LogP contribution in [-0.2, 0) is 4.79 Å². The Balaban J connectivity index is 1.97. The number of rotatable bonds is 6. The number of piperidine rings is 1. The number of carbonyl (C=O) groups is 1. The van der Waals surface area contributed by atoms with Crippen molar-refractivity contribution in [3.63, 3.8) is 0 Å². The lowest BCUT2D eigenvalue weighted by atomic mass is 10.0. The summed E-state index contributed by atoms with van der Waals surface area (Å²) >= 11 is 0. The maximum Gasteiger partial charge on any atom is 0.239 e. The van der Waals surface area contributed by atoms with Gasteiger partial charge in [0.25, 0.3) is 0 Å². The topological polar surface area (TPSA) is 32.3 Å². The van der Waals surface area contributed by atoms with E-state index in [0.717, 1.165) is 38.8 Å². The van der Waals surface area contributed by atoms with Crippen LogP contribution < -0.4 is 5.32 Å². The van der Waals surface area contributed by atoms with Gasteiger partial charge in [-0.3, -0.25) is 10.1 Å². The van der Waals surface area contributed by atoms with Crippen LogP contribution in [0.4, 0.5) is 0 Å². The second-order valence-corrected chi connectivity index (χ2v) is 6.03. The van der Waals surface area contributed by atoms with Crippen LogP contribution in [0.5, 0.6) is 0 Å². The number of hydrogen-bond donors (Lipinski definition) is 1. The largest absolute Gasteiger partial charge is 0.341 e. The van der Waals surface area contributed by atoms with Gasteiger partial charge in [-0.25, -0.2) is 0 Å². The van der Waals surface area contributed by atoms with Crippen molar-refractivity contribution in [1.82, 2.24) is 10.2 Å². The average molecular weight is 288 g/mol. The molecule has 1 aromatic carbocycles. The summed E-state index contributed by atoms with van der Waals surface area (Å²) < 4.78 is 0. The lowest BCUT2D eigenvalue weighted by Gasteiger charge is -2.31. The zero-order chi connectivity index (χ0) is 15.1. The highest BCUT2D eigenvalue weighted by atomic mass is 16.2. The number of carbonyl (C=O) groups excluding carboxylic acids is 1. The molecule has 3 nitrogen and oxygen atoms in total. The van der Waals surface area contributed by atoms with Crippen molar-refractivity contribution in [1.29, 1.82) is 0 Å². The first-order valence-electron chi connectivity index (χ1n) is 8.32. The Morgan fingerprint density at radius 1 is 1.19 bits per heavy atom. The van der Waals surface area contributed by atoms with E-state index in [4.69, 9.17) is 0 Å². The summed E-state index contributed by atoms with van der Waals surface area (Å²) in [7, 11) is 0. The van der Waals surface area contributed by atoms with Gasteiger partial charge in [-0.2, -0.15) is 0 Å². The summed E-state index contributed by atoms with van der Waals surface area (Å²) in [6.07, 6.45) is 5.72. The summed E-state index contributed by atoms with van der Waals surface area (Å²) in [6, 6.07) is 10.6. The molecule has 21 heavy (non-hydrogen) atoms. The number of hydrogen-bond acceptors (Lipinski definition) is 2. The molecule has 2 unspecified atom stereocenters. The van der Waals surface area contributed by atoms with Gasteiger partial charge in [0, 0.05) is 19.1 Å². The van der Waals surface area contributed by atoms with Crippen LogP contribution in [0.2, 0.25) is 0 Å². The predicted octanol–water partition coefficient (Wildman–Crippen LogP) is 3.52. The Morgan fingerprint density at radius 2 is 1.86 bits per heavy atom. The zero-order valence-electron chi connectivity index (χ0n) is 13.3. The lowest BCUT2D eigenvalue weighted by molar-refractivity contribution is -0.134. The molecule has 0 spiro atoms. The first-order valence-corrected chi connectivity index (χ1v) is 8.32. The quantitative estimate of drug-likeness (QED) is 0.868. The Hall–Kier alpha value is -1.35. The van der Waals surface area contributed by atoms with E-state index < -0.39 is 0 Å². The molecule has 1 heterocycles. The van der Waals surface area contributed by atoms with Crippen molar-refractivity contribution in [2.45, 2.75) is 58.0 Å². The van der Waals surface area contributed by atoms with Crippen molar-refractivity contribution in [2.24, 2.45) is 0 Å². The van der Waals surface area contributed by atoms with Gasteiger partial charge in [0.2, 0.25) is 5.91 Å². The molecule has 116 valence electrons. The molecule has 2 atom stereocenters. The van der Waals surface area contributed by atoms with E-state index in [-0.39, 0.29) is 18.0 Å². The summed E-state index contributed by atoms with van der Waals surface area (Å²) in [5.74, 6) is 0.256. The molecule has 2 rings (SSSR count). The molecule has 1 fully saturated rings. The van der Waals surface area contributed by atoms with E-state index in [0.29, 0.717) is 0 Å². The number of nitrogens with zero attached hydrogens (tertiary/aromatic N) is 1. The molecule has 0 aromatic heterocycles. The highest BCUT2D eigenvalue weighted by molar-refractivity contribution is 5.81.